The molecule has 2 nitrogen and oxygen atoms in total. The SMILES string of the molecule is C[N](C)[Ni]([SH])([CH2]c1ccccc1)[N](C)C. The Bertz CT molecular complexity index is 293. The van der Waals surface area contributed by atoms with Crippen molar-refractivity contribution in [2.75, 3.05) is 28.2 Å². The van der Waals surface area contributed by atoms with Crippen molar-refractivity contribution in [2.45, 2.75) is 5.39 Å². The number of benzene rings is 1. The predicted molar refractivity (Wildman–Crippen MR) is 66.5 cm³/mol. The fraction of sp³-hybridized carbons (Fsp3) is 0.455. The molecule has 0 heterocycles. The van der Waals surface area contributed by atoms with Gasteiger partial charge in [-0.25, -0.2) is 0 Å². The summed E-state index contributed by atoms with van der Waals surface area (Å²) in [5, 5.41) is 0.994. The zero-order chi connectivity index (χ0) is 11.5. The van der Waals surface area contributed by atoms with Crippen LogP contribution in [0.3, 0.4) is 0 Å². The predicted octanol–water partition coefficient (Wildman–Crippen LogP) is 2.14. The number of nitrogens with zero attached hydrogens (tertiary/aromatic N) is 2. The first kappa shape index (κ1) is 13.1. The van der Waals surface area contributed by atoms with Crippen molar-refractivity contribution in [3.8, 4) is 0 Å². The Balaban J connectivity index is 2.85. The average Bonchev–Trinajstić information content (AvgIpc) is 2.18. The van der Waals surface area contributed by atoms with Crippen LogP contribution in [0.25, 0.3) is 0 Å². The second-order valence-corrected chi connectivity index (χ2v) is 9.06. The van der Waals surface area contributed by atoms with Crippen molar-refractivity contribution < 1.29 is 11.7 Å². The summed E-state index contributed by atoms with van der Waals surface area (Å²) in [6, 6.07) is 10.5. The fourth-order valence-corrected chi connectivity index (χ4v) is 3.84. The first-order valence-electron chi connectivity index (χ1n) is 4.70. The molecule has 0 aromatic heterocycles. The van der Waals surface area contributed by atoms with Crippen molar-refractivity contribution in [3.05, 3.63) is 35.9 Å². The Morgan fingerprint density at radius 1 is 1.00 bits per heavy atom. The molecule has 1 aromatic rings. The van der Waals surface area contributed by atoms with Gasteiger partial charge in [-0.3, -0.25) is 0 Å². The molecule has 0 aliphatic heterocycles. The van der Waals surface area contributed by atoms with Crippen molar-refractivity contribution >= 4 is 11.1 Å². The van der Waals surface area contributed by atoms with Gasteiger partial charge in [-0.15, -0.1) is 0 Å². The molecule has 0 amide bonds. The second kappa shape index (κ2) is 5.35. The van der Waals surface area contributed by atoms with E-state index in [0.717, 1.165) is 5.39 Å². The van der Waals surface area contributed by atoms with Crippen LogP contribution in [0.15, 0.2) is 30.3 Å². The molecule has 0 saturated carbocycles. The van der Waals surface area contributed by atoms with Crippen LogP contribution in [0.1, 0.15) is 5.56 Å². The fourth-order valence-electron chi connectivity index (χ4n) is 1.18. The first-order valence-corrected chi connectivity index (χ1v) is 7.89. The van der Waals surface area contributed by atoms with E-state index in [-0.39, 0.29) is 0 Å². The molecular formula is C11H20N2NiS. The van der Waals surface area contributed by atoms with Crippen molar-refractivity contribution in [1.82, 2.24) is 7.96 Å². The van der Waals surface area contributed by atoms with Gasteiger partial charge >= 0.3 is 100 Å². The van der Waals surface area contributed by atoms with Crippen LogP contribution in [0.4, 0.5) is 0 Å². The third-order valence-corrected chi connectivity index (χ3v) is 8.23. The standard InChI is InChI=1S/C7H7.2C2H6N.Ni.H2S/c1-7-5-3-2-4-6-7;2*1-3-2;;/h2-6H,1H2;2*1-2H3;;1H2/q;2*-1;+3;/p-1. The molecule has 0 N–H and O–H groups in total. The Labute approximate surface area is 100 Å². The van der Waals surface area contributed by atoms with E-state index in [1.165, 1.54) is 5.56 Å². The molecule has 0 aliphatic rings. The van der Waals surface area contributed by atoms with E-state index >= 15 is 0 Å². The molecule has 0 fully saturated rings. The van der Waals surface area contributed by atoms with E-state index < -0.39 is 11.7 Å². The van der Waals surface area contributed by atoms with Crippen LogP contribution >= 0.6 is 11.1 Å². The summed E-state index contributed by atoms with van der Waals surface area (Å²) in [7, 11) is 8.37. The molecular weight excluding hydrogens is 251 g/mol. The van der Waals surface area contributed by atoms with Gasteiger partial charge in [0.2, 0.25) is 0 Å². The van der Waals surface area contributed by atoms with E-state index in [0.29, 0.717) is 0 Å². The summed E-state index contributed by atoms with van der Waals surface area (Å²) < 4.78 is 4.44. The summed E-state index contributed by atoms with van der Waals surface area (Å²) >= 11 is 3.58. The van der Waals surface area contributed by atoms with Crippen LogP contribution in [-0.4, -0.2) is 36.2 Å². The number of hydrogen-bond acceptors (Lipinski definition) is 3. The van der Waals surface area contributed by atoms with Gasteiger partial charge in [0.05, 0.1) is 0 Å². The topological polar surface area (TPSA) is 6.48 Å². The molecule has 0 spiro atoms. The van der Waals surface area contributed by atoms with Gasteiger partial charge in [0.25, 0.3) is 0 Å². The van der Waals surface area contributed by atoms with Gasteiger partial charge in [0.15, 0.2) is 0 Å². The molecule has 0 saturated heterocycles. The van der Waals surface area contributed by atoms with E-state index in [1.54, 1.807) is 0 Å². The monoisotopic (exact) mass is 270 g/mol. The Morgan fingerprint density at radius 3 is 1.87 bits per heavy atom. The third-order valence-electron chi connectivity index (χ3n) is 2.03. The molecule has 90 valence electrons. The third kappa shape index (κ3) is 3.22. The van der Waals surface area contributed by atoms with E-state index in [9.17, 15) is 0 Å². The minimum absolute atomic E-state index is 0.994. The molecule has 4 heteroatoms. The van der Waals surface area contributed by atoms with Gasteiger partial charge in [-0.1, -0.05) is 0 Å². The summed E-state index contributed by atoms with van der Waals surface area (Å²) in [5.41, 5.74) is 1.34. The Kier molecular flexibility index (Phi) is 4.66. The number of rotatable bonds is 4. The van der Waals surface area contributed by atoms with Crippen LogP contribution in [0, 0.1) is 0 Å². The molecule has 0 radical (unpaired) electrons. The molecule has 15 heavy (non-hydrogen) atoms. The van der Waals surface area contributed by atoms with Crippen molar-refractivity contribution in [2.24, 2.45) is 0 Å². The molecule has 0 bridgehead atoms. The summed E-state index contributed by atoms with van der Waals surface area (Å²) in [5.74, 6) is 0. The van der Waals surface area contributed by atoms with Crippen LogP contribution in [0.2, 0.25) is 0 Å². The van der Waals surface area contributed by atoms with Crippen molar-refractivity contribution in [1.29, 1.82) is 0 Å². The summed E-state index contributed by atoms with van der Waals surface area (Å²) in [6.45, 7) is 0. The normalized spacial score (nSPS) is 13.5. The molecule has 0 unspecified atom stereocenters. The second-order valence-electron chi connectivity index (χ2n) is 3.55. The molecule has 0 aliphatic carbocycles. The van der Waals surface area contributed by atoms with Gasteiger partial charge in [-0.2, -0.15) is 0 Å². The number of thiol groups is 1. The number of hydrogen-bond donors (Lipinski definition) is 1. The average molecular weight is 271 g/mol. The van der Waals surface area contributed by atoms with Gasteiger partial charge in [0.1, 0.15) is 0 Å². The minimum atomic E-state index is -1.28. The van der Waals surface area contributed by atoms with E-state index in [1.807, 2.05) is 6.07 Å². The van der Waals surface area contributed by atoms with Gasteiger partial charge < -0.3 is 0 Å². The van der Waals surface area contributed by atoms with E-state index in [2.05, 4.69) is 60.4 Å². The van der Waals surface area contributed by atoms with Crippen LogP contribution in [0.5, 0.6) is 0 Å². The zero-order valence-electron chi connectivity index (χ0n) is 9.75. The van der Waals surface area contributed by atoms with Gasteiger partial charge in [-0.05, 0) is 0 Å². The molecule has 0 atom stereocenters. The Hall–Kier alpha value is -0.0165. The first-order chi connectivity index (χ1) is 6.97. The molecule has 1 aromatic carbocycles. The summed E-state index contributed by atoms with van der Waals surface area (Å²) in [6.07, 6.45) is 0. The zero-order valence-corrected chi connectivity index (χ0v) is 11.6. The summed E-state index contributed by atoms with van der Waals surface area (Å²) in [4.78, 5) is 0. The Morgan fingerprint density at radius 2 is 1.47 bits per heavy atom. The maximum atomic E-state index is 4.87. The van der Waals surface area contributed by atoms with Crippen molar-refractivity contribution in [3.63, 3.8) is 0 Å². The molecule has 1 rings (SSSR count). The van der Waals surface area contributed by atoms with Gasteiger partial charge in [0, 0.05) is 0 Å². The van der Waals surface area contributed by atoms with E-state index in [4.69, 9.17) is 11.1 Å². The van der Waals surface area contributed by atoms with Crippen LogP contribution in [-0.2, 0) is 17.1 Å². The maximum absolute atomic E-state index is 4.87. The van der Waals surface area contributed by atoms with Crippen LogP contribution < -0.4 is 0 Å². The quantitative estimate of drug-likeness (QED) is 0.662.